The summed E-state index contributed by atoms with van der Waals surface area (Å²) in [5.41, 5.74) is 2.49. The van der Waals surface area contributed by atoms with Crippen LogP contribution in [0.25, 0.3) is 22.3 Å². The summed E-state index contributed by atoms with van der Waals surface area (Å²) in [5.74, 6) is -0.237. The van der Waals surface area contributed by atoms with Gasteiger partial charge in [-0.3, -0.25) is 9.59 Å². The first kappa shape index (κ1) is 21.5. The average Bonchev–Trinajstić information content (AvgIpc) is 3.14. The lowest BCUT2D eigenvalue weighted by atomic mass is 9.77. The molecule has 7 heteroatoms. The number of hydrogen-bond donors (Lipinski definition) is 1. The number of para-hydroxylation sites is 1. The van der Waals surface area contributed by atoms with Crippen LogP contribution in [0.1, 0.15) is 62.8 Å². The van der Waals surface area contributed by atoms with Crippen molar-refractivity contribution in [2.75, 3.05) is 0 Å². The quantitative estimate of drug-likeness (QED) is 0.383. The monoisotopic (exact) mass is 445 g/mol. The Balaban J connectivity index is 1.75. The smallest absolute Gasteiger partial charge is 0.254 e. The SMILES string of the molecule is CC[C@@]1(O)C(=O)CCc2c1cc1n(c2=O)Cc2c-1nc1ccccc1c2/C=N\OC(C)(C)C. The van der Waals surface area contributed by atoms with E-state index in [2.05, 4.69) is 5.16 Å². The number of aliphatic hydroxyl groups is 1. The number of nitrogens with zero attached hydrogens (tertiary/aromatic N) is 3. The van der Waals surface area contributed by atoms with Crippen molar-refractivity contribution in [3.63, 3.8) is 0 Å². The number of benzene rings is 1. The van der Waals surface area contributed by atoms with E-state index >= 15 is 0 Å². The number of ketones is 1. The van der Waals surface area contributed by atoms with Gasteiger partial charge < -0.3 is 14.5 Å². The van der Waals surface area contributed by atoms with Crippen molar-refractivity contribution < 1.29 is 14.7 Å². The standard InChI is InChI=1S/C26H27N3O4/c1-5-26(32)19-12-21-23-18(14-29(21)24(31)16(19)10-11-22(26)30)17(13-27-33-25(2,3)4)15-8-6-7-9-20(15)28-23/h6-9,12-13,32H,5,10-11,14H2,1-4H3/b27-13-/t26-/m0/s1. The largest absolute Gasteiger partial charge is 0.390 e. The van der Waals surface area contributed by atoms with Gasteiger partial charge in [0.05, 0.1) is 29.7 Å². The summed E-state index contributed by atoms with van der Waals surface area (Å²) in [5, 5.41) is 16.3. The molecule has 7 nitrogen and oxygen atoms in total. The summed E-state index contributed by atoms with van der Waals surface area (Å²) in [6, 6.07) is 9.54. The van der Waals surface area contributed by atoms with Crippen molar-refractivity contribution in [3.8, 4) is 11.4 Å². The Kier molecular flexibility index (Phi) is 4.79. The molecule has 3 heterocycles. The first-order valence-corrected chi connectivity index (χ1v) is 11.3. The number of rotatable bonds is 3. The zero-order valence-corrected chi connectivity index (χ0v) is 19.3. The molecule has 0 amide bonds. The van der Waals surface area contributed by atoms with Crippen LogP contribution in [0.4, 0.5) is 0 Å². The van der Waals surface area contributed by atoms with Crippen molar-refractivity contribution in [1.82, 2.24) is 9.55 Å². The molecule has 1 aliphatic heterocycles. The van der Waals surface area contributed by atoms with E-state index in [9.17, 15) is 14.7 Å². The molecule has 170 valence electrons. The summed E-state index contributed by atoms with van der Waals surface area (Å²) < 4.78 is 1.70. The lowest BCUT2D eigenvalue weighted by Gasteiger charge is -2.32. The minimum atomic E-state index is -1.63. The second-order valence-electron chi connectivity index (χ2n) is 9.76. The van der Waals surface area contributed by atoms with Gasteiger partial charge in [0.15, 0.2) is 5.78 Å². The molecule has 5 rings (SSSR count). The number of carbonyl (C=O) groups excluding carboxylic acids is 1. The number of oxime groups is 1. The van der Waals surface area contributed by atoms with Crippen LogP contribution in [-0.2, 0) is 28.2 Å². The maximum Gasteiger partial charge on any atom is 0.254 e. The molecule has 0 fully saturated rings. The number of carbonyl (C=O) groups is 1. The van der Waals surface area contributed by atoms with Crippen LogP contribution in [-0.4, -0.2) is 32.3 Å². The van der Waals surface area contributed by atoms with Gasteiger partial charge >= 0.3 is 0 Å². The Labute approximate surface area is 191 Å². The number of pyridine rings is 2. The van der Waals surface area contributed by atoms with Gasteiger partial charge in [0.2, 0.25) is 0 Å². The Morgan fingerprint density at radius 3 is 2.70 bits per heavy atom. The van der Waals surface area contributed by atoms with Crippen LogP contribution in [0, 0.1) is 0 Å². The van der Waals surface area contributed by atoms with Crippen LogP contribution >= 0.6 is 0 Å². The van der Waals surface area contributed by atoms with Crippen LogP contribution in [0.3, 0.4) is 0 Å². The van der Waals surface area contributed by atoms with Gasteiger partial charge in [0.25, 0.3) is 5.56 Å². The van der Waals surface area contributed by atoms with Crippen LogP contribution in [0.15, 0.2) is 40.3 Å². The Bertz CT molecular complexity index is 1400. The molecule has 0 saturated carbocycles. The lowest BCUT2D eigenvalue weighted by molar-refractivity contribution is -0.140. The van der Waals surface area contributed by atoms with Crippen molar-refractivity contribution in [2.24, 2.45) is 5.16 Å². The highest BCUT2D eigenvalue weighted by molar-refractivity contribution is 6.02. The first-order chi connectivity index (χ1) is 15.6. The molecule has 0 saturated heterocycles. The summed E-state index contributed by atoms with van der Waals surface area (Å²) >= 11 is 0. The van der Waals surface area contributed by atoms with Crippen molar-refractivity contribution in [1.29, 1.82) is 0 Å². The van der Waals surface area contributed by atoms with Gasteiger partial charge in [-0.05, 0) is 45.7 Å². The fourth-order valence-electron chi connectivity index (χ4n) is 4.83. The third kappa shape index (κ3) is 3.30. The first-order valence-electron chi connectivity index (χ1n) is 11.3. The molecular formula is C26H27N3O4. The molecule has 0 radical (unpaired) electrons. The normalized spacial score (nSPS) is 19.6. The predicted molar refractivity (Wildman–Crippen MR) is 126 cm³/mol. The molecular weight excluding hydrogens is 418 g/mol. The third-order valence-corrected chi connectivity index (χ3v) is 6.53. The van der Waals surface area contributed by atoms with E-state index in [1.165, 1.54) is 0 Å². The molecule has 1 aliphatic carbocycles. The molecule has 2 aliphatic rings. The molecule has 1 atom stereocenters. The molecule has 33 heavy (non-hydrogen) atoms. The van der Waals surface area contributed by atoms with Crippen molar-refractivity contribution >= 4 is 22.9 Å². The van der Waals surface area contributed by atoms with E-state index in [0.717, 1.165) is 22.0 Å². The maximum atomic E-state index is 13.5. The zero-order valence-electron chi connectivity index (χ0n) is 19.3. The second-order valence-corrected chi connectivity index (χ2v) is 9.76. The van der Waals surface area contributed by atoms with Crippen LogP contribution in [0.2, 0.25) is 0 Å². The number of fused-ring (bicyclic) bond motifs is 5. The summed E-state index contributed by atoms with van der Waals surface area (Å²) in [6.07, 6.45) is 2.43. The van der Waals surface area contributed by atoms with Gasteiger partial charge in [-0.15, -0.1) is 0 Å². The molecule has 0 unspecified atom stereocenters. The second kappa shape index (κ2) is 7.35. The number of aromatic nitrogens is 2. The zero-order chi connectivity index (χ0) is 23.5. The number of Topliss-reactive ketones (excluding diaryl/α,β-unsaturated/α-hetero) is 1. The topological polar surface area (TPSA) is 93.8 Å². The summed E-state index contributed by atoms with van der Waals surface area (Å²) in [6.45, 7) is 7.89. The van der Waals surface area contributed by atoms with E-state index in [0.29, 0.717) is 35.5 Å². The molecule has 1 aromatic carbocycles. The van der Waals surface area contributed by atoms with Crippen molar-refractivity contribution in [3.05, 3.63) is 62.9 Å². The fourth-order valence-corrected chi connectivity index (χ4v) is 4.83. The third-order valence-electron chi connectivity index (χ3n) is 6.53. The van der Waals surface area contributed by atoms with E-state index in [1.807, 2.05) is 45.0 Å². The van der Waals surface area contributed by atoms with Gasteiger partial charge in [-0.2, -0.15) is 0 Å². The molecule has 3 aromatic rings. The fraction of sp³-hybridized carbons (Fsp3) is 0.385. The highest BCUT2D eigenvalue weighted by atomic mass is 16.6. The van der Waals surface area contributed by atoms with Gasteiger partial charge in [-0.1, -0.05) is 30.3 Å². The predicted octanol–water partition coefficient (Wildman–Crippen LogP) is 3.69. The van der Waals surface area contributed by atoms with E-state index < -0.39 is 11.2 Å². The lowest BCUT2D eigenvalue weighted by Crippen LogP contribution is -2.43. The Morgan fingerprint density at radius 1 is 1.21 bits per heavy atom. The highest BCUT2D eigenvalue weighted by Gasteiger charge is 2.43. The van der Waals surface area contributed by atoms with Crippen LogP contribution in [0.5, 0.6) is 0 Å². The number of hydrogen-bond acceptors (Lipinski definition) is 6. The van der Waals surface area contributed by atoms with E-state index in [1.54, 1.807) is 23.8 Å². The van der Waals surface area contributed by atoms with Gasteiger partial charge in [0, 0.05) is 34.1 Å². The minimum Gasteiger partial charge on any atom is -0.390 e. The Hall–Kier alpha value is -3.32. The van der Waals surface area contributed by atoms with E-state index in [4.69, 9.17) is 9.82 Å². The summed E-state index contributed by atoms with van der Waals surface area (Å²) in [4.78, 5) is 36.5. The maximum absolute atomic E-state index is 13.5. The van der Waals surface area contributed by atoms with Crippen LogP contribution < -0.4 is 5.56 Å². The van der Waals surface area contributed by atoms with Gasteiger partial charge in [-0.25, -0.2) is 4.98 Å². The molecule has 1 N–H and O–H groups in total. The Morgan fingerprint density at radius 2 is 1.97 bits per heavy atom. The summed E-state index contributed by atoms with van der Waals surface area (Å²) in [7, 11) is 0. The molecule has 0 spiro atoms. The van der Waals surface area contributed by atoms with Gasteiger partial charge in [0.1, 0.15) is 11.2 Å². The average molecular weight is 446 g/mol. The molecule has 2 aromatic heterocycles. The minimum absolute atomic E-state index is 0.169. The van der Waals surface area contributed by atoms with Crippen molar-refractivity contribution in [2.45, 2.75) is 64.7 Å². The highest BCUT2D eigenvalue weighted by Crippen LogP contribution is 2.40. The van der Waals surface area contributed by atoms with E-state index in [-0.39, 0.29) is 24.2 Å². The molecule has 0 bridgehead atoms.